The molecule has 2 N–H and O–H groups in total. The van der Waals surface area contributed by atoms with Crippen LogP contribution in [0.4, 0.5) is 0 Å². The van der Waals surface area contributed by atoms with Crippen LogP contribution in [0.25, 0.3) is 0 Å². The Balaban J connectivity index is -0.0000000201. The van der Waals surface area contributed by atoms with Gasteiger partial charge >= 0.3 is 34.7 Å². The van der Waals surface area contributed by atoms with E-state index in [0.717, 1.165) is 0 Å². The minimum atomic E-state index is -1.75. The number of hydrogen-bond donors (Lipinski definition) is 0. The Morgan fingerprint density at radius 3 is 0.296 bits per heavy atom. The molecule has 152 valence electrons. The van der Waals surface area contributed by atoms with Gasteiger partial charge in [0, 0.05) is 0 Å². The molecule has 0 amide bonds. The second kappa shape index (κ2) is 49.5. The molecule has 0 aromatic rings. The zero-order chi connectivity index (χ0) is 21.5. The Hall–Kier alpha value is -3.78. The molecule has 0 aromatic heterocycles. The van der Waals surface area contributed by atoms with Gasteiger partial charge in [0.25, 0.3) is 0 Å². The molecule has 0 aliphatic heterocycles. The minimum absolute atomic E-state index is 0. The van der Waals surface area contributed by atoms with Crippen molar-refractivity contribution >= 4 is 34.7 Å². The fraction of sp³-hybridized carbons (Fsp3) is 0. The summed E-state index contributed by atoms with van der Waals surface area (Å²) in [5.74, 6) is 0. The molecule has 0 fully saturated rings. The molecular weight excluding hydrogens is 442 g/mol. The number of nitrogens with zero attached hydrogens (tertiary/aromatic N) is 6. The van der Waals surface area contributed by atoms with Crippen molar-refractivity contribution in [1.82, 2.24) is 0 Å². The van der Waals surface area contributed by atoms with E-state index in [1.165, 1.54) is 0 Å². The Morgan fingerprint density at radius 2 is 0.296 bits per heavy atom. The summed E-state index contributed by atoms with van der Waals surface area (Å²) in [6.45, 7) is 0. The van der Waals surface area contributed by atoms with Gasteiger partial charge in [-0.1, -0.05) is 0 Å². The van der Waals surface area contributed by atoms with E-state index in [9.17, 15) is 0 Å². The van der Waals surface area contributed by atoms with E-state index in [4.69, 9.17) is 91.9 Å². The second-order valence-electron chi connectivity index (χ2n) is 1.34. The average molecular weight is 444 g/mol. The topological polar surface area (TPSA) is 429 Å². The van der Waals surface area contributed by atoms with Crippen LogP contribution >= 0.6 is 0 Å². The summed E-state index contributed by atoms with van der Waals surface area (Å²) in [7, 11) is 0. The van der Waals surface area contributed by atoms with Gasteiger partial charge < -0.3 is 97.4 Å². The third-order valence-electron chi connectivity index (χ3n) is 0. The van der Waals surface area contributed by atoms with Crippen LogP contribution in [0.3, 0.4) is 0 Å². The maximum Gasteiger partial charge on any atom is 3.00 e. The fourth-order valence-corrected chi connectivity index (χ4v) is 0. The summed E-state index contributed by atoms with van der Waals surface area (Å²) in [5.41, 5.74) is 0. The first-order chi connectivity index (χ1) is 10.4. The first-order valence-electron chi connectivity index (χ1n) is 3.29. The van der Waals surface area contributed by atoms with E-state index in [1.807, 2.05) is 0 Å². The molecule has 0 heterocycles. The molecule has 0 radical (unpaired) electrons. The summed E-state index contributed by atoms with van der Waals surface area (Å²) in [4.78, 5) is 49.5. The van der Waals surface area contributed by atoms with Gasteiger partial charge in [-0.05, 0) is 0 Å². The molecule has 0 aliphatic rings. The molecule has 0 rings (SSSR count). The average Bonchev–Trinajstić information content (AvgIpc) is 2.08. The summed E-state index contributed by atoms with van der Waals surface area (Å²) in [6.07, 6.45) is 0. The first kappa shape index (κ1) is 56.7. The van der Waals surface area contributed by atoms with Gasteiger partial charge in [-0.15, -0.1) is 0 Å². The third kappa shape index (κ3) is 638. The van der Waals surface area contributed by atoms with Crippen molar-refractivity contribution < 1.29 is 36.0 Å². The Labute approximate surface area is 163 Å². The van der Waals surface area contributed by atoms with Crippen molar-refractivity contribution in [2.45, 2.75) is 0 Å². The zero-order valence-electron chi connectivity index (χ0n) is 11.7. The van der Waals surface area contributed by atoms with Crippen molar-refractivity contribution in [3.05, 3.63) is 91.9 Å². The van der Waals surface area contributed by atoms with Gasteiger partial charge in [0.2, 0.25) is 0 Å². The monoisotopic (exact) mass is 444 g/mol. The van der Waals surface area contributed by atoms with Crippen LogP contribution in [-0.4, -0.2) is 70.7 Å². The predicted molar refractivity (Wildman–Crippen MR) is 77.3 cm³/mol. The van der Waals surface area contributed by atoms with E-state index in [1.54, 1.807) is 0 Å². The zero-order valence-corrected chi connectivity index (χ0v) is 14.0. The molecule has 25 nitrogen and oxygen atoms in total. The Kier molecular flexibility index (Phi) is 104. The van der Waals surface area contributed by atoms with Crippen molar-refractivity contribution in [3.8, 4) is 0 Å². The minimum Gasteiger partial charge on any atom is -0.412 e. The standard InChI is InChI=1S/2Al.6NO3.H2O/c;;6*2-1(3)4;/h;;;;;;;;1H2/q2*+3;6*-1;. The SMILES string of the molecule is O.O=[N+]([O-])[O-].O=[N+]([O-])[O-].O=[N+]([O-])[O-].O=[N+]([O-])[O-].O=[N+]([O-])[O-].O=[N+]([O-])[O-].[Al+3].[Al+3]. The van der Waals surface area contributed by atoms with Crippen molar-refractivity contribution in [3.63, 3.8) is 0 Å². The normalized spacial score (nSPS) is 5.33. The quantitative estimate of drug-likeness (QED) is 0.203. The molecule has 0 saturated heterocycles. The molecule has 0 saturated carbocycles. The predicted octanol–water partition coefficient (Wildman–Crippen LogP) is -3.02. The van der Waals surface area contributed by atoms with Crippen molar-refractivity contribution in [2.24, 2.45) is 0 Å². The van der Waals surface area contributed by atoms with Gasteiger partial charge in [0.1, 0.15) is 0 Å². The van der Waals surface area contributed by atoms with E-state index in [-0.39, 0.29) is 40.2 Å². The molecule has 0 spiro atoms. The van der Waals surface area contributed by atoms with Crippen LogP contribution in [0.1, 0.15) is 0 Å². The van der Waals surface area contributed by atoms with Crippen LogP contribution < -0.4 is 0 Å². The third-order valence-corrected chi connectivity index (χ3v) is 0. The van der Waals surface area contributed by atoms with E-state index < -0.39 is 30.5 Å². The molecule has 0 aromatic carbocycles. The van der Waals surface area contributed by atoms with Crippen LogP contribution in [0, 0.1) is 91.9 Å². The molecule has 0 atom stereocenters. The molecule has 27 heavy (non-hydrogen) atoms. The molecule has 27 heteroatoms. The Morgan fingerprint density at radius 1 is 0.296 bits per heavy atom. The van der Waals surface area contributed by atoms with Gasteiger partial charge in [-0.3, -0.25) is 0 Å². The van der Waals surface area contributed by atoms with Crippen LogP contribution in [0.15, 0.2) is 0 Å². The fourth-order valence-electron chi connectivity index (χ4n) is 0. The summed E-state index contributed by atoms with van der Waals surface area (Å²) in [5, 5.41) is 88.5. The van der Waals surface area contributed by atoms with Crippen molar-refractivity contribution in [1.29, 1.82) is 0 Å². The summed E-state index contributed by atoms with van der Waals surface area (Å²) < 4.78 is 0. The second-order valence-corrected chi connectivity index (χ2v) is 1.34. The number of rotatable bonds is 0. The smallest absolute Gasteiger partial charge is 0.412 e. The molecular formula is H2Al2N6O19. The Bertz CT molecular complexity index is 261. The van der Waals surface area contributed by atoms with Gasteiger partial charge in [-0.2, -0.15) is 0 Å². The van der Waals surface area contributed by atoms with Crippen LogP contribution in [0.2, 0.25) is 0 Å². The van der Waals surface area contributed by atoms with Gasteiger partial charge in [0.15, 0.2) is 0 Å². The van der Waals surface area contributed by atoms with Crippen LogP contribution in [-0.2, 0) is 0 Å². The van der Waals surface area contributed by atoms with Gasteiger partial charge in [0.05, 0.1) is 30.5 Å². The molecule has 0 aliphatic carbocycles. The van der Waals surface area contributed by atoms with E-state index >= 15 is 0 Å². The van der Waals surface area contributed by atoms with E-state index in [2.05, 4.69) is 0 Å². The summed E-state index contributed by atoms with van der Waals surface area (Å²) >= 11 is 0. The largest absolute Gasteiger partial charge is 3.00 e. The van der Waals surface area contributed by atoms with E-state index in [0.29, 0.717) is 0 Å². The van der Waals surface area contributed by atoms with Gasteiger partial charge in [-0.25, -0.2) is 0 Å². The maximum atomic E-state index is 8.25. The van der Waals surface area contributed by atoms with Crippen LogP contribution in [0.5, 0.6) is 0 Å². The summed E-state index contributed by atoms with van der Waals surface area (Å²) in [6, 6.07) is 0. The van der Waals surface area contributed by atoms with Crippen molar-refractivity contribution in [2.75, 3.05) is 0 Å². The molecule has 0 bridgehead atoms. The molecule has 0 unspecified atom stereocenters. The number of hydrogen-bond acceptors (Lipinski definition) is 18. The first-order valence-corrected chi connectivity index (χ1v) is 3.29. The maximum absolute atomic E-state index is 8.25.